The molecule has 3 aromatic carbocycles. The van der Waals surface area contributed by atoms with E-state index >= 15 is 0 Å². The van der Waals surface area contributed by atoms with E-state index in [0.717, 1.165) is 11.3 Å². The molecule has 4 aromatic rings. The number of rotatable bonds is 4. The van der Waals surface area contributed by atoms with Gasteiger partial charge in [0, 0.05) is 27.6 Å². The minimum absolute atomic E-state index is 0.0644. The summed E-state index contributed by atoms with van der Waals surface area (Å²) in [6.07, 6.45) is -0.724. The van der Waals surface area contributed by atoms with Crippen molar-refractivity contribution < 1.29 is 14.2 Å². The number of nitrogens with zero attached hydrogens (tertiary/aromatic N) is 3. The highest BCUT2D eigenvalue weighted by Gasteiger charge is 2.27. The van der Waals surface area contributed by atoms with Crippen LogP contribution in [0.3, 0.4) is 0 Å². The molecule has 1 aliphatic rings. The SMILES string of the molecule is Oc1ccc(Cl)c(C2Nc3ccccc3-c3nnc(SCc4ccccc4F)nc3O2)c1. The van der Waals surface area contributed by atoms with Gasteiger partial charge in [0.2, 0.25) is 11.0 Å². The highest BCUT2D eigenvalue weighted by Crippen LogP contribution is 2.41. The summed E-state index contributed by atoms with van der Waals surface area (Å²) in [5.41, 5.74) is 3.11. The van der Waals surface area contributed by atoms with Crippen molar-refractivity contribution in [1.82, 2.24) is 15.2 Å². The quantitative estimate of drug-likeness (QED) is 0.366. The van der Waals surface area contributed by atoms with Crippen LogP contribution in [0.1, 0.15) is 17.4 Å². The lowest BCUT2D eigenvalue weighted by molar-refractivity contribution is 0.225. The maximum absolute atomic E-state index is 14.0. The normalized spacial score (nSPS) is 14.5. The Bertz CT molecular complexity index is 1310. The number of phenols is 1. The van der Waals surface area contributed by atoms with E-state index in [1.165, 1.54) is 30.0 Å². The minimum atomic E-state index is -0.724. The molecular weight excluding hydrogens is 451 g/mol. The maximum atomic E-state index is 14.0. The van der Waals surface area contributed by atoms with Crippen LogP contribution in [0.5, 0.6) is 11.6 Å². The van der Waals surface area contributed by atoms with Crippen LogP contribution < -0.4 is 10.1 Å². The largest absolute Gasteiger partial charge is 0.508 e. The number of phenolic OH excluding ortho intramolecular Hbond substituents is 1. The molecule has 0 saturated heterocycles. The van der Waals surface area contributed by atoms with Gasteiger partial charge in [-0.05, 0) is 35.9 Å². The zero-order chi connectivity index (χ0) is 22.1. The number of benzene rings is 3. The number of anilines is 1. The molecule has 0 saturated carbocycles. The van der Waals surface area contributed by atoms with Crippen molar-refractivity contribution in [2.75, 3.05) is 5.32 Å². The van der Waals surface area contributed by atoms with Gasteiger partial charge in [0.1, 0.15) is 11.6 Å². The van der Waals surface area contributed by atoms with Crippen molar-refractivity contribution in [3.05, 3.63) is 88.7 Å². The van der Waals surface area contributed by atoms with Gasteiger partial charge in [0.05, 0.1) is 0 Å². The lowest BCUT2D eigenvalue weighted by Crippen LogP contribution is -2.17. The molecule has 9 heteroatoms. The van der Waals surface area contributed by atoms with Crippen LogP contribution in [-0.4, -0.2) is 20.3 Å². The number of aromatic hydroxyl groups is 1. The van der Waals surface area contributed by atoms with Gasteiger partial charge < -0.3 is 15.2 Å². The van der Waals surface area contributed by atoms with Gasteiger partial charge in [-0.1, -0.05) is 59.8 Å². The van der Waals surface area contributed by atoms with E-state index in [-0.39, 0.29) is 17.4 Å². The molecule has 0 fully saturated rings. The Hall–Kier alpha value is -3.36. The summed E-state index contributed by atoms with van der Waals surface area (Å²) in [5, 5.41) is 22.6. The van der Waals surface area contributed by atoms with Crippen molar-refractivity contribution in [3.8, 4) is 22.9 Å². The number of aromatic nitrogens is 3. The smallest absolute Gasteiger partial charge is 0.247 e. The van der Waals surface area contributed by atoms with E-state index in [9.17, 15) is 9.50 Å². The van der Waals surface area contributed by atoms with E-state index < -0.39 is 6.23 Å². The molecule has 6 nitrogen and oxygen atoms in total. The molecule has 0 aliphatic carbocycles. The number of ether oxygens (including phenoxy) is 1. The van der Waals surface area contributed by atoms with Gasteiger partial charge in [0.15, 0.2) is 11.9 Å². The maximum Gasteiger partial charge on any atom is 0.247 e. The molecule has 0 bridgehead atoms. The third-order valence-electron chi connectivity index (χ3n) is 4.91. The van der Waals surface area contributed by atoms with E-state index in [4.69, 9.17) is 16.3 Å². The zero-order valence-corrected chi connectivity index (χ0v) is 18.1. The Morgan fingerprint density at radius 2 is 1.88 bits per heavy atom. The molecule has 0 amide bonds. The summed E-state index contributed by atoms with van der Waals surface area (Å²) in [6.45, 7) is 0. The van der Waals surface area contributed by atoms with Crippen molar-refractivity contribution in [1.29, 1.82) is 0 Å². The predicted molar refractivity (Wildman–Crippen MR) is 121 cm³/mol. The van der Waals surface area contributed by atoms with E-state index in [2.05, 4.69) is 20.5 Å². The van der Waals surface area contributed by atoms with Crippen molar-refractivity contribution >= 4 is 29.1 Å². The van der Waals surface area contributed by atoms with Crippen LogP contribution in [0.2, 0.25) is 5.02 Å². The van der Waals surface area contributed by atoms with Crippen molar-refractivity contribution in [2.24, 2.45) is 0 Å². The molecule has 2 N–H and O–H groups in total. The highest BCUT2D eigenvalue weighted by molar-refractivity contribution is 7.98. The molecule has 1 atom stereocenters. The summed E-state index contributed by atoms with van der Waals surface area (Å²) >= 11 is 7.64. The highest BCUT2D eigenvalue weighted by atomic mass is 35.5. The van der Waals surface area contributed by atoms with Crippen LogP contribution in [-0.2, 0) is 5.75 Å². The Labute approximate surface area is 192 Å². The van der Waals surface area contributed by atoms with Gasteiger partial charge in [-0.15, -0.1) is 10.2 Å². The number of para-hydroxylation sites is 1. The third-order valence-corrected chi connectivity index (χ3v) is 6.14. The lowest BCUT2D eigenvalue weighted by atomic mass is 10.1. The fourth-order valence-electron chi connectivity index (χ4n) is 3.34. The molecule has 5 rings (SSSR count). The molecule has 0 spiro atoms. The first-order valence-corrected chi connectivity index (χ1v) is 11.1. The summed E-state index contributed by atoms with van der Waals surface area (Å²) in [5.74, 6) is 0.396. The van der Waals surface area contributed by atoms with E-state index in [0.29, 0.717) is 32.8 Å². The van der Waals surface area contributed by atoms with Gasteiger partial charge >= 0.3 is 0 Å². The molecule has 1 aromatic heterocycles. The fraction of sp³-hybridized carbons (Fsp3) is 0.0870. The van der Waals surface area contributed by atoms with Crippen LogP contribution in [0.4, 0.5) is 10.1 Å². The summed E-state index contributed by atoms with van der Waals surface area (Å²) in [4.78, 5) is 4.54. The molecule has 2 heterocycles. The van der Waals surface area contributed by atoms with Gasteiger partial charge in [-0.3, -0.25) is 0 Å². The van der Waals surface area contributed by atoms with Crippen LogP contribution >= 0.6 is 23.4 Å². The second-order valence-corrected chi connectivity index (χ2v) is 8.37. The minimum Gasteiger partial charge on any atom is -0.508 e. The van der Waals surface area contributed by atoms with Crippen molar-refractivity contribution in [3.63, 3.8) is 0 Å². The van der Waals surface area contributed by atoms with Gasteiger partial charge in [-0.25, -0.2) is 4.39 Å². The Morgan fingerprint density at radius 3 is 2.75 bits per heavy atom. The number of hydrogen-bond donors (Lipinski definition) is 2. The average molecular weight is 467 g/mol. The van der Waals surface area contributed by atoms with Crippen LogP contribution in [0.25, 0.3) is 11.3 Å². The number of fused-ring (bicyclic) bond motifs is 3. The fourth-order valence-corrected chi connectivity index (χ4v) is 4.32. The zero-order valence-electron chi connectivity index (χ0n) is 16.5. The Morgan fingerprint density at radius 1 is 1.06 bits per heavy atom. The van der Waals surface area contributed by atoms with Crippen LogP contribution in [0, 0.1) is 5.82 Å². The topological polar surface area (TPSA) is 80.2 Å². The van der Waals surface area contributed by atoms with Crippen LogP contribution in [0.15, 0.2) is 71.9 Å². The number of nitrogens with one attached hydrogen (secondary N) is 1. The number of halogens is 2. The molecule has 0 radical (unpaired) electrons. The number of hydrogen-bond acceptors (Lipinski definition) is 7. The van der Waals surface area contributed by atoms with E-state index in [1.54, 1.807) is 24.3 Å². The number of thioether (sulfide) groups is 1. The average Bonchev–Trinajstić information content (AvgIpc) is 2.96. The first-order chi connectivity index (χ1) is 15.6. The van der Waals surface area contributed by atoms with Gasteiger partial charge in [-0.2, -0.15) is 4.98 Å². The van der Waals surface area contributed by atoms with Crippen molar-refractivity contribution in [2.45, 2.75) is 17.1 Å². The summed E-state index contributed by atoms with van der Waals surface area (Å²) in [7, 11) is 0. The molecule has 32 heavy (non-hydrogen) atoms. The first-order valence-electron chi connectivity index (χ1n) is 9.70. The molecule has 1 aliphatic heterocycles. The standard InChI is InChI=1S/C23H16ClFN4O2S/c24-17-10-9-14(30)11-16(17)21-26-19-8-4-2-6-15(19)20-22(31-21)27-23(29-28-20)32-12-13-5-1-3-7-18(13)25/h1-11,21,26,30H,12H2. The first kappa shape index (κ1) is 20.5. The monoisotopic (exact) mass is 466 g/mol. The second-order valence-electron chi connectivity index (χ2n) is 7.02. The Kier molecular flexibility index (Phi) is 5.55. The molecule has 160 valence electrons. The summed E-state index contributed by atoms with van der Waals surface area (Å²) in [6, 6.07) is 18.8. The molecular formula is C23H16ClFN4O2S. The Balaban J connectivity index is 1.52. The second kappa shape index (κ2) is 8.64. The predicted octanol–water partition coefficient (Wildman–Crippen LogP) is 5.83. The summed E-state index contributed by atoms with van der Waals surface area (Å²) < 4.78 is 20.1. The lowest BCUT2D eigenvalue weighted by Gasteiger charge is -2.20. The van der Waals surface area contributed by atoms with E-state index in [1.807, 2.05) is 24.3 Å². The third kappa shape index (κ3) is 4.06. The molecule has 1 unspecified atom stereocenters. The van der Waals surface area contributed by atoms with Gasteiger partial charge in [0.25, 0.3) is 0 Å².